The third-order valence-corrected chi connectivity index (χ3v) is 6.33. The number of carbonyl (C=O) groups excluding carboxylic acids is 1. The van der Waals surface area contributed by atoms with Gasteiger partial charge >= 0.3 is 0 Å². The van der Waals surface area contributed by atoms with Crippen LogP contribution in [0.1, 0.15) is 33.1 Å². The maximum atomic E-state index is 9.06. The monoisotopic (exact) mass is 575 g/mol. The zero-order chi connectivity index (χ0) is 31.3. The number of aliphatic imine (C=N–C) groups is 1. The number of nitrogens with zero attached hydrogens (tertiary/aromatic N) is 4. The van der Waals surface area contributed by atoms with Crippen molar-refractivity contribution in [3.63, 3.8) is 0 Å². The third kappa shape index (κ3) is 19.8. The Morgan fingerprint density at radius 3 is 2.22 bits per heavy atom. The van der Waals surface area contributed by atoms with Crippen LogP contribution in [0.4, 0.5) is 0 Å². The largest absolute Gasteiger partial charge is 0.489 e. The molecule has 3 rings (SSSR count). The molecule has 9 heteroatoms. The van der Waals surface area contributed by atoms with Crippen molar-refractivity contribution in [2.24, 2.45) is 10.7 Å². The van der Waals surface area contributed by atoms with Gasteiger partial charge in [0, 0.05) is 70.1 Å². The maximum Gasteiger partial charge on any atom is 0.142 e. The standard InChI is InChI=1S/C18H26N2O2.C9H18N2.C3H4O.CH5N.CH4O/c1-5-19-14-17(15-22-18-10-8-7-9-11-18)16(3)20(4)12-13-21-6-2;1-10-7-9(8-10)11-5-3-2-4-6-11;1-2-3-4;2*1-2/h5,7-11,14H,1,6,12-13,15H2,2-4H3;9H,2-8H2,1H3;2-3H,1H2;2H2,1H3;2H,1H3/b17-16-,19-14?;;;;. The summed E-state index contributed by atoms with van der Waals surface area (Å²) in [7, 11) is 6.75. The van der Waals surface area contributed by atoms with Gasteiger partial charge in [0.2, 0.25) is 0 Å². The molecule has 0 spiro atoms. The molecule has 0 bridgehead atoms. The lowest BCUT2D eigenvalue weighted by Gasteiger charge is -2.45. The molecule has 3 N–H and O–H groups in total. The molecule has 1 aromatic rings. The number of hydrogen-bond acceptors (Lipinski definition) is 9. The Morgan fingerprint density at radius 2 is 1.73 bits per heavy atom. The van der Waals surface area contributed by atoms with Crippen molar-refractivity contribution in [3.8, 4) is 5.75 Å². The number of aldehydes is 1. The Bertz CT molecular complexity index is 815. The minimum Gasteiger partial charge on any atom is -0.489 e. The molecule has 2 saturated heterocycles. The van der Waals surface area contributed by atoms with Crippen LogP contribution < -0.4 is 10.5 Å². The first-order valence-electron chi connectivity index (χ1n) is 14.3. The van der Waals surface area contributed by atoms with Crippen molar-refractivity contribution in [2.75, 3.05) is 80.8 Å². The summed E-state index contributed by atoms with van der Waals surface area (Å²) in [6, 6.07) is 10.7. The van der Waals surface area contributed by atoms with Crippen LogP contribution in [0, 0.1) is 0 Å². The van der Waals surface area contributed by atoms with Gasteiger partial charge in [-0.05, 0) is 72.1 Å². The van der Waals surface area contributed by atoms with Gasteiger partial charge in [0.25, 0.3) is 0 Å². The Morgan fingerprint density at radius 1 is 1.15 bits per heavy atom. The normalized spacial score (nSPS) is 15.4. The highest BCUT2D eigenvalue weighted by molar-refractivity contribution is 5.80. The van der Waals surface area contributed by atoms with Gasteiger partial charge in [-0.2, -0.15) is 0 Å². The summed E-state index contributed by atoms with van der Waals surface area (Å²) in [5, 5.41) is 7.00. The number of para-hydroxylation sites is 1. The smallest absolute Gasteiger partial charge is 0.142 e. The van der Waals surface area contributed by atoms with E-state index in [-0.39, 0.29) is 0 Å². The molecule has 2 aliphatic heterocycles. The van der Waals surface area contributed by atoms with E-state index in [2.05, 4.69) is 52.6 Å². The highest BCUT2D eigenvalue weighted by Gasteiger charge is 2.29. The lowest BCUT2D eigenvalue weighted by molar-refractivity contribution is -0.104. The number of piperidine rings is 1. The number of aliphatic hydroxyl groups excluding tert-OH is 1. The van der Waals surface area contributed by atoms with Crippen LogP contribution in [0.3, 0.4) is 0 Å². The summed E-state index contributed by atoms with van der Waals surface area (Å²) in [6.45, 7) is 18.9. The van der Waals surface area contributed by atoms with Crippen LogP contribution in [-0.4, -0.2) is 119 Å². The van der Waals surface area contributed by atoms with E-state index in [0.717, 1.165) is 43.3 Å². The molecule has 41 heavy (non-hydrogen) atoms. The molecule has 2 aliphatic rings. The summed E-state index contributed by atoms with van der Waals surface area (Å²) in [5.41, 5.74) is 6.63. The van der Waals surface area contributed by atoms with E-state index in [1.807, 2.05) is 44.3 Å². The van der Waals surface area contributed by atoms with Gasteiger partial charge in [-0.1, -0.05) is 37.8 Å². The Labute approximate surface area is 250 Å². The van der Waals surface area contributed by atoms with Crippen LogP contribution in [0.15, 0.2) is 72.0 Å². The molecule has 0 atom stereocenters. The van der Waals surface area contributed by atoms with Crippen LogP contribution in [-0.2, 0) is 9.53 Å². The maximum absolute atomic E-state index is 9.06. The predicted molar refractivity (Wildman–Crippen MR) is 174 cm³/mol. The van der Waals surface area contributed by atoms with Gasteiger partial charge < -0.3 is 30.1 Å². The van der Waals surface area contributed by atoms with E-state index >= 15 is 0 Å². The first kappa shape index (κ1) is 40.3. The number of benzene rings is 1. The number of likely N-dealkylation sites (N-methyl/N-ethyl adjacent to an activating group) is 2. The van der Waals surface area contributed by atoms with Crippen molar-refractivity contribution in [3.05, 3.63) is 67.0 Å². The van der Waals surface area contributed by atoms with Crippen LogP contribution in [0.2, 0.25) is 0 Å². The fourth-order valence-electron chi connectivity index (χ4n) is 3.99. The average Bonchev–Trinajstić information content (AvgIpc) is 3.02. The number of likely N-dealkylation sites (tertiary alicyclic amines) is 2. The summed E-state index contributed by atoms with van der Waals surface area (Å²) < 4.78 is 11.2. The second-order valence-electron chi connectivity index (χ2n) is 9.14. The number of aliphatic hydroxyl groups is 1. The number of carbonyl (C=O) groups is 1. The molecule has 234 valence electrons. The molecule has 0 aromatic heterocycles. The molecule has 0 unspecified atom stereocenters. The van der Waals surface area contributed by atoms with Crippen LogP contribution >= 0.6 is 0 Å². The van der Waals surface area contributed by atoms with E-state index in [1.165, 1.54) is 64.8 Å². The van der Waals surface area contributed by atoms with E-state index in [9.17, 15) is 0 Å². The molecule has 9 nitrogen and oxygen atoms in total. The first-order chi connectivity index (χ1) is 20.0. The third-order valence-electron chi connectivity index (χ3n) is 6.33. The molecule has 0 amide bonds. The minimum absolute atomic E-state index is 0.464. The SMILES string of the molecule is C=CC=O.C=CN=C/C(COc1ccccc1)=C(\C)N(C)CCOCC.CN.CN1CC(N2CCCCC2)C1.CO. The number of allylic oxidation sites excluding steroid dienone is 2. The highest BCUT2D eigenvalue weighted by Crippen LogP contribution is 2.18. The quantitative estimate of drug-likeness (QED) is 0.168. The van der Waals surface area contributed by atoms with E-state index < -0.39 is 0 Å². The summed E-state index contributed by atoms with van der Waals surface area (Å²) >= 11 is 0. The highest BCUT2D eigenvalue weighted by atomic mass is 16.5. The van der Waals surface area contributed by atoms with Gasteiger partial charge in [0.15, 0.2) is 0 Å². The van der Waals surface area contributed by atoms with E-state index in [0.29, 0.717) is 19.5 Å². The first-order valence-corrected chi connectivity index (χ1v) is 14.3. The number of rotatable bonds is 12. The fraction of sp³-hybridized carbons (Fsp3) is 0.562. The van der Waals surface area contributed by atoms with Gasteiger partial charge in [0.05, 0.1) is 6.61 Å². The molecular weight excluding hydrogens is 518 g/mol. The van der Waals surface area contributed by atoms with E-state index in [4.69, 9.17) is 19.4 Å². The van der Waals surface area contributed by atoms with Gasteiger partial charge in [0.1, 0.15) is 18.6 Å². The van der Waals surface area contributed by atoms with Crippen molar-refractivity contribution in [1.82, 2.24) is 14.7 Å². The van der Waals surface area contributed by atoms with E-state index in [1.54, 1.807) is 6.21 Å². The summed E-state index contributed by atoms with van der Waals surface area (Å²) in [5.74, 6) is 0.844. The molecule has 1 aromatic carbocycles. The molecule has 0 radical (unpaired) electrons. The van der Waals surface area contributed by atoms with Crippen molar-refractivity contribution in [1.29, 1.82) is 0 Å². The second-order valence-corrected chi connectivity index (χ2v) is 9.14. The van der Waals surface area contributed by atoms with Crippen molar-refractivity contribution >= 4 is 12.5 Å². The molecular formula is C32H57N5O4. The average molecular weight is 576 g/mol. The molecule has 2 fully saturated rings. The fourth-order valence-corrected chi connectivity index (χ4v) is 3.99. The molecule has 0 saturated carbocycles. The Kier molecular flexibility index (Phi) is 28.2. The summed E-state index contributed by atoms with van der Waals surface area (Å²) in [4.78, 5) is 20.4. The topological polar surface area (TPSA) is 104 Å². The lowest BCUT2D eigenvalue weighted by atomic mass is 10.0. The zero-order valence-electron chi connectivity index (χ0n) is 26.5. The number of hydrogen-bond donors (Lipinski definition) is 2. The van der Waals surface area contributed by atoms with Crippen LogP contribution in [0.5, 0.6) is 5.75 Å². The molecule has 0 aliphatic carbocycles. The predicted octanol–water partition coefficient (Wildman–Crippen LogP) is 3.86. The van der Waals surface area contributed by atoms with Crippen LogP contribution in [0.25, 0.3) is 0 Å². The summed E-state index contributed by atoms with van der Waals surface area (Å²) in [6.07, 6.45) is 9.47. The van der Waals surface area contributed by atoms with Gasteiger partial charge in [-0.25, -0.2) is 0 Å². The van der Waals surface area contributed by atoms with Crippen molar-refractivity contribution in [2.45, 2.75) is 39.2 Å². The second kappa shape index (κ2) is 28.7. The number of ether oxygens (including phenoxy) is 2. The number of nitrogens with two attached hydrogens (primary N) is 1. The van der Waals surface area contributed by atoms with Crippen molar-refractivity contribution < 1.29 is 19.4 Å². The lowest BCUT2D eigenvalue weighted by Crippen LogP contribution is -2.58. The van der Waals surface area contributed by atoms with Gasteiger partial charge in [-0.3, -0.25) is 14.7 Å². The zero-order valence-corrected chi connectivity index (χ0v) is 26.5. The Hall–Kier alpha value is -2.82. The van der Waals surface area contributed by atoms with Gasteiger partial charge in [-0.15, -0.1) is 0 Å². The minimum atomic E-state index is 0.464. The molecule has 2 heterocycles. The Balaban J connectivity index is 0.